The molecule has 0 spiro atoms. The molecule has 0 amide bonds. The monoisotopic (exact) mass is 174 g/mol. The van der Waals surface area contributed by atoms with Crippen molar-refractivity contribution >= 4 is 11.5 Å². The lowest BCUT2D eigenvalue weighted by atomic mass is 9.78. The van der Waals surface area contributed by atoms with Gasteiger partial charge in [-0.3, -0.25) is 4.99 Å². The Balaban J connectivity index is 2.60. The third-order valence-electron chi connectivity index (χ3n) is 2.87. The van der Waals surface area contributed by atoms with Crippen LogP contribution in [0, 0.1) is 0 Å². The maximum atomic E-state index is 4.47. The lowest BCUT2D eigenvalue weighted by Crippen LogP contribution is -2.23. The fourth-order valence-corrected chi connectivity index (χ4v) is 1.92. The fraction of sp³-hybridized carbons (Fsp3) is 0.455. The summed E-state index contributed by atoms with van der Waals surface area (Å²) in [5, 5.41) is 0. The number of rotatable bonds is 0. The zero-order valence-electron chi connectivity index (χ0n) is 8.60. The molecule has 0 N–H and O–H groups in total. The smallest absolute Gasteiger partial charge is 0.154 e. The average molecular weight is 174 g/mol. The van der Waals surface area contributed by atoms with Crippen LogP contribution >= 0.6 is 0 Å². The minimum absolute atomic E-state index is 0.918. The highest BCUT2D eigenvalue weighted by Crippen LogP contribution is 2.39. The molecular weight excluding hydrogens is 160 g/mol. The molecule has 0 aromatic heterocycles. The Bertz CT molecular complexity index is 392. The summed E-state index contributed by atoms with van der Waals surface area (Å²) in [6.07, 6.45) is 1.12. The number of dihydropyridines is 1. The molecule has 0 aromatic rings. The van der Waals surface area contributed by atoms with Crippen molar-refractivity contribution in [3.05, 3.63) is 22.3 Å². The molecule has 0 aromatic carbocycles. The Morgan fingerprint density at radius 2 is 1.92 bits per heavy atom. The molecule has 0 atom stereocenters. The molecule has 0 bridgehead atoms. The van der Waals surface area contributed by atoms with Gasteiger partial charge in [0.25, 0.3) is 0 Å². The van der Waals surface area contributed by atoms with Gasteiger partial charge in [0.2, 0.25) is 0 Å². The summed E-state index contributed by atoms with van der Waals surface area (Å²) < 4.78 is 0. The van der Waals surface area contributed by atoms with Crippen molar-refractivity contribution in [1.29, 1.82) is 0 Å². The van der Waals surface area contributed by atoms with Gasteiger partial charge in [-0.2, -0.15) is 0 Å². The first kappa shape index (κ1) is 8.42. The molecule has 1 heterocycles. The fourth-order valence-electron chi connectivity index (χ4n) is 1.92. The van der Waals surface area contributed by atoms with Crippen molar-refractivity contribution in [2.24, 2.45) is 9.98 Å². The summed E-state index contributed by atoms with van der Waals surface area (Å²) in [5.74, 6) is 0.918. The standard InChI is InChI=1S/C11H14N2/c1-6-5-9-7(2)8(3)13-11(12-4)10(6)9/h5H2,1-4H3/b12-11+. The van der Waals surface area contributed by atoms with Crippen molar-refractivity contribution in [1.82, 2.24) is 0 Å². The summed E-state index contributed by atoms with van der Waals surface area (Å²) in [7, 11) is 1.81. The maximum absolute atomic E-state index is 4.47. The van der Waals surface area contributed by atoms with Crippen LogP contribution in [0.15, 0.2) is 32.3 Å². The number of allylic oxidation sites excluding steroid dienone is 2. The molecule has 0 radical (unpaired) electrons. The number of fused-ring (bicyclic) bond motifs is 1. The van der Waals surface area contributed by atoms with E-state index in [-0.39, 0.29) is 0 Å². The topological polar surface area (TPSA) is 24.7 Å². The largest absolute Gasteiger partial charge is 0.270 e. The molecule has 0 fully saturated rings. The minimum atomic E-state index is 0.918. The molecule has 2 nitrogen and oxygen atoms in total. The van der Waals surface area contributed by atoms with Crippen LogP contribution in [0.4, 0.5) is 0 Å². The van der Waals surface area contributed by atoms with E-state index < -0.39 is 0 Å². The Labute approximate surface area is 78.8 Å². The second kappa shape index (κ2) is 2.66. The number of hydrogen-bond acceptors (Lipinski definition) is 1. The van der Waals surface area contributed by atoms with Crippen LogP contribution in [0.2, 0.25) is 0 Å². The lowest BCUT2D eigenvalue weighted by Gasteiger charge is -2.30. The van der Waals surface area contributed by atoms with Gasteiger partial charge in [-0.25, -0.2) is 4.99 Å². The summed E-state index contributed by atoms with van der Waals surface area (Å²) in [4.78, 5) is 8.67. The van der Waals surface area contributed by atoms with Crippen molar-refractivity contribution in [3.63, 3.8) is 0 Å². The SMILES string of the molecule is C/N=C1/N=C(C)C(C)=C2CC(C)=C21. The van der Waals surface area contributed by atoms with Crippen LogP contribution in [0.25, 0.3) is 0 Å². The summed E-state index contributed by atoms with van der Waals surface area (Å²) in [6.45, 7) is 6.36. The predicted octanol–water partition coefficient (Wildman–Crippen LogP) is 2.53. The van der Waals surface area contributed by atoms with Crippen LogP contribution in [0.3, 0.4) is 0 Å². The molecule has 13 heavy (non-hydrogen) atoms. The van der Waals surface area contributed by atoms with Gasteiger partial charge in [-0.05, 0) is 38.3 Å². The predicted molar refractivity (Wildman–Crippen MR) is 56.5 cm³/mol. The summed E-state index contributed by atoms with van der Waals surface area (Å²) in [5.41, 5.74) is 6.63. The van der Waals surface area contributed by atoms with Gasteiger partial charge in [-0.15, -0.1) is 0 Å². The highest BCUT2D eigenvalue weighted by atomic mass is 14.9. The molecular formula is C11H14N2. The van der Waals surface area contributed by atoms with Crippen molar-refractivity contribution in [3.8, 4) is 0 Å². The van der Waals surface area contributed by atoms with E-state index in [0.29, 0.717) is 0 Å². The van der Waals surface area contributed by atoms with E-state index in [9.17, 15) is 0 Å². The van der Waals surface area contributed by atoms with E-state index in [2.05, 4.69) is 30.8 Å². The molecule has 0 saturated heterocycles. The molecule has 2 rings (SSSR count). The van der Waals surface area contributed by atoms with Gasteiger partial charge in [0.1, 0.15) is 0 Å². The highest BCUT2D eigenvalue weighted by Gasteiger charge is 2.29. The number of aliphatic imine (C=N–C) groups is 2. The molecule has 68 valence electrons. The third-order valence-corrected chi connectivity index (χ3v) is 2.87. The second-order valence-electron chi connectivity index (χ2n) is 3.68. The molecule has 0 saturated carbocycles. The Morgan fingerprint density at radius 1 is 1.23 bits per heavy atom. The van der Waals surface area contributed by atoms with E-state index in [0.717, 1.165) is 18.0 Å². The number of hydrogen-bond donors (Lipinski definition) is 0. The molecule has 0 unspecified atom stereocenters. The van der Waals surface area contributed by atoms with Gasteiger partial charge in [0, 0.05) is 18.3 Å². The van der Waals surface area contributed by atoms with Crippen LogP contribution in [-0.2, 0) is 0 Å². The van der Waals surface area contributed by atoms with Crippen LogP contribution in [-0.4, -0.2) is 18.6 Å². The summed E-state index contributed by atoms with van der Waals surface area (Å²) >= 11 is 0. The Hall–Kier alpha value is -1.18. The van der Waals surface area contributed by atoms with Gasteiger partial charge in [0.15, 0.2) is 5.84 Å². The van der Waals surface area contributed by atoms with Crippen LogP contribution in [0.1, 0.15) is 27.2 Å². The molecule has 2 aliphatic rings. The van der Waals surface area contributed by atoms with Crippen LogP contribution < -0.4 is 0 Å². The van der Waals surface area contributed by atoms with Crippen molar-refractivity contribution in [2.45, 2.75) is 27.2 Å². The first-order valence-electron chi connectivity index (χ1n) is 4.58. The van der Waals surface area contributed by atoms with Crippen LogP contribution in [0.5, 0.6) is 0 Å². The first-order valence-corrected chi connectivity index (χ1v) is 4.58. The lowest BCUT2D eigenvalue weighted by molar-refractivity contribution is 0.993. The van der Waals surface area contributed by atoms with Gasteiger partial charge in [0.05, 0.1) is 0 Å². The zero-order chi connectivity index (χ0) is 9.59. The van der Waals surface area contributed by atoms with Crippen molar-refractivity contribution in [2.75, 3.05) is 7.05 Å². The quantitative estimate of drug-likeness (QED) is 0.539. The Morgan fingerprint density at radius 3 is 2.46 bits per heavy atom. The number of nitrogens with zero attached hydrogens (tertiary/aromatic N) is 2. The molecule has 1 aliphatic carbocycles. The normalized spacial score (nSPS) is 24.6. The number of amidine groups is 1. The molecule has 2 heteroatoms. The maximum Gasteiger partial charge on any atom is 0.154 e. The zero-order valence-corrected chi connectivity index (χ0v) is 8.60. The minimum Gasteiger partial charge on any atom is -0.270 e. The second-order valence-corrected chi connectivity index (χ2v) is 3.68. The van der Waals surface area contributed by atoms with E-state index >= 15 is 0 Å². The van der Waals surface area contributed by atoms with Gasteiger partial charge in [-0.1, -0.05) is 5.57 Å². The van der Waals surface area contributed by atoms with E-state index in [4.69, 9.17) is 0 Å². The molecule has 1 aliphatic heterocycles. The average Bonchev–Trinajstić information content (AvgIpc) is 2.09. The van der Waals surface area contributed by atoms with Gasteiger partial charge >= 0.3 is 0 Å². The first-order chi connectivity index (χ1) is 6.15. The van der Waals surface area contributed by atoms with Gasteiger partial charge < -0.3 is 0 Å². The van der Waals surface area contributed by atoms with E-state index in [1.807, 2.05) is 7.05 Å². The summed E-state index contributed by atoms with van der Waals surface area (Å²) in [6, 6.07) is 0. The Kier molecular flexibility index (Phi) is 1.72. The van der Waals surface area contributed by atoms with E-state index in [1.165, 1.54) is 22.3 Å². The highest BCUT2D eigenvalue weighted by molar-refractivity contribution is 6.19. The van der Waals surface area contributed by atoms with E-state index in [1.54, 1.807) is 0 Å². The van der Waals surface area contributed by atoms with Crippen molar-refractivity contribution < 1.29 is 0 Å². The third kappa shape index (κ3) is 1.01.